The van der Waals surface area contributed by atoms with Gasteiger partial charge in [-0.15, -0.1) is 0 Å². The lowest BCUT2D eigenvalue weighted by Crippen LogP contribution is -2.43. The van der Waals surface area contributed by atoms with Crippen LogP contribution in [-0.2, 0) is 25.9 Å². The zero-order chi connectivity index (χ0) is 27.2. The normalized spacial score (nSPS) is 18.2. The topological polar surface area (TPSA) is 37.5 Å². The van der Waals surface area contributed by atoms with Crippen LogP contribution in [0.5, 0.6) is 11.5 Å². The number of fused-ring (bicyclic) bond motifs is 6. The molecular weight excluding hydrogens is 499 g/mol. The van der Waals surface area contributed by atoms with E-state index < -0.39 is 0 Å². The van der Waals surface area contributed by atoms with Gasteiger partial charge in [0, 0.05) is 29.2 Å². The van der Waals surface area contributed by atoms with Gasteiger partial charge in [-0.3, -0.25) is 4.90 Å². The monoisotopic (exact) mass is 532 g/mol. The molecule has 0 spiro atoms. The van der Waals surface area contributed by atoms with Crippen LogP contribution in [0.2, 0.25) is 0 Å². The Morgan fingerprint density at radius 2 is 1.70 bits per heavy atom. The first-order valence-corrected chi connectivity index (χ1v) is 14.1. The summed E-state index contributed by atoms with van der Waals surface area (Å²) in [5, 5.41) is 1.26. The minimum atomic E-state index is -0.213. The molecule has 0 amide bonds. The minimum Gasteiger partial charge on any atom is -0.493 e. The second kappa shape index (κ2) is 10.1. The Morgan fingerprint density at radius 1 is 0.925 bits per heavy atom. The highest BCUT2D eigenvalue weighted by Crippen LogP contribution is 2.49. The van der Waals surface area contributed by atoms with Crippen molar-refractivity contribution >= 4 is 10.9 Å². The number of hydrogen-bond donors (Lipinski definition) is 1. The molecule has 0 fully saturated rings. The predicted octanol–water partition coefficient (Wildman–Crippen LogP) is 7.70. The maximum Gasteiger partial charge on any atom is 0.162 e. The maximum absolute atomic E-state index is 13.9. The number of aromatic amines is 1. The van der Waals surface area contributed by atoms with Crippen molar-refractivity contribution in [1.82, 2.24) is 9.88 Å². The molecule has 5 aromatic rings. The number of rotatable bonds is 6. The standard InChI is InChI=1S/C35H33FN2O2/c1-3-22-8-10-23(11-9-22)21-40-33-20-28-25(18-32(33)39-2)16-17-38-31(28)19-29-27-6-4-5-7-30(27)37-34(29)35(38)24-12-14-26(36)15-13-24/h4-15,18,20,31,35,37H,3,16-17,19,21H2,1-2H3. The van der Waals surface area contributed by atoms with Gasteiger partial charge in [-0.05, 0) is 83.0 Å². The number of hydrogen-bond acceptors (Lipinski definition) is 3. The van der Waals surface area contributed by atoms with Crippen molar-refractivity contribution in [1.29, 1.82) is 0 Å². The molecule has 5 heteroatoms. The van der Waals surface area contributed by atoms with Crippen molar-refractivity contribution in [2.75, 3.05) is 13.7 Å². The molecule has 40 heavy (non-hydrogen) atoms. The van der Waals surface area contributed by atoms with Gasteiger partial charge in [-0.1, -0.05) is 61.5 Å². The van der Waals surface area contributed by atoms with E-state index in [1.807, 2.05) is 12.1 Å². The first kappa shape index (κ1) is 24.9. The molecule has 2 atom stereocenters. The quantitative estimate of drug-likeness (QED) is 0.243. The van der Waals surface area contributed by atoms with E-state index in [2.05, 4.69) is 77.5 Å². The van der Waals surface area contributed by atoms with Crippen LogP contribution >= 0.6 is 0 Å². The van der Waals surface area contributed by atoms with Crippen molar-refractivity contribution in [3.63, 3.8) is 0 Å². The predicted molar refractivity (Wildman–Crippen MR) is 157 cm³/mol. The Hall–Kier alpha value is -4.09. The first-order chi connectivity index (χ1) is 19.6. The van der Waals surface area contributed by atoms with Crippen molar-refractivity contribution in [3.8, 4) is 11.5 Å². The number of nitrogens with zero attached hydrogens (tertiary/aromatic N) is 1. The van der Waals surface area contributed by atoms with Gasteiger partial charge < -0.3 is 14.5 Å². The number of aryl methyl sites for hydroxylation is 1. The number of halogens is 1. The molecule has 1 N–H and O–H groups in total. The number of benzene rings is 4. The van der Waals surface area contributed by atoms with E-state index in [-0.39, 0.29) is 17.9 Å². The number of ether oxygens (including phenoxy) is 2. The Bertz CT molecular complexity index is 1670. The van der Waals surface area contributed by atoms with Gasteiger partial charge in [0.25, 0.3) is 0 Å². The van der Waals surface area contributed by atoms with E-state index in [1.165, 1.54) is 33.3 Å². The van der Waals surface area contributed by atoms with E-state index in [0.29, 0.717) is 6.61 Å². The third kappa shape index (κ3) is 4.25. The minimum absolute atomic E-state index is 0.0125. The fourth-order valence-corrected chi connectivity index (χ4v) is 6.61. The summed E-state index contributed by atoms with van der Waals surface area (Å²) in [4.78, 5) is 6.31. The summed E-state index contributed by atoms with van der Waals surface area (Å²) in [6.45, 7) is 3.55. The highest BCUT2D eigenvalue weighted by atomic mass is 19.1. The molecule has 0 bridgehead atoms. The maximum atomic E-state index is 13.9. The summed E-state index contributed by atoms with van der Waals surface area (Å²) < 4.78 is 26.1. The molecular formula is C35H33FN2O2. The largest absolute Gasteiger partial charge is 0.493 e. The van der Waals surface area contributed by atoms with Crippen LogP contribution in [0.4, 0.5) is 4.39 Å². The molecule has 0 saturated heterocycles. The van der Waals surface area contributed by atoms with Crippen molar-refractivity contribution in [2.45, 2.75) is 44.9 Å². The Morgan fingerprint density at radius 3 is 2.48 bits per heavy atom. The molecule has 2 aliphatic rings. The number of aromatic nitrogens is 1. The molecule has 4 nitrogen and oxygen atoms in total. The molecule has 0 aliphatic carbocycles. The van der Waals surface area contributed by atoms with E-state index in [9.17, 15) is 4.39 Å². The Kier molecular flexibility index (Phi) is 6.32. The lowest BCUT2D eigenvalue weighted by molar-refractivity contribution is 0.127. The third-order valence-electron chi connectivity index (χ3n) is 8.68. The first-order valence-electron chi connectivity index (χ1n) is 14.1. The van der Waals surface area contributed by atoms with Gasteiger partial charge in [0.15, 0.2) is 11.5 Å². The molecule has 0 radical (unpaired) electrons. The molecule has 7 rings (SSSR count). The lowest BCUT2D eigenvalue weighted by atomic mass is 9.80. The molecule has 2 unspecified atom stereocenters. The molecule has 0 saturated carbocycles. The summed E-state index contributed by atoms with van der Waals surface area (Å²) in [6.07, 6.45) is 2.83. The Labute approximate surface area is 234 Å². The molecule has 202 valence electrons. The highest BCUT2D eigenvalue weighted by Gasteiger charge is 2.41. The smallest absolute Gasteiger partial charge is 0.162 e. The average Bonchev–Trinajstić information content (AvgIpc) is 3.37. The van der Waals surface area contributed by atoms with Crippen molar-refractivity contribution in [3.05, 3.63) is 130 Å². The summed E-state index contributed by atoms with van der Waals surface area (Å²) in [7, 11) is 1.71. The van der Waals surface area contributed by atoms with Gasteiger partial charge in [0.1, 0.15) is 12.4 Å². The van der Waals surface area contributed by atoms with Crippen LogP contribution in [0, 0.1) is 5.82 Å². The molecule has 4 aromatic carbocycles. The average molecular weight is 533 g/mol. The van der Waals surface area contributed by atoms with Crippen LogP contribution in [-0.4, -0.2) is 23.5 Å². The second-order valence-electron chi connectivity index (χ2n) is 10.9. The van der Waals surface area contributed by atoms with Crippen LogP contribution < -0.4 is 9.47 Å². The number of H-pyrrole nitrogens is 1. The second-order valence-corrected chi connectivity index (χ2v) is 10.9. The van der Waals surface area contributed by atoms with Gasteiger partial charge in [0.2, 0.25) is 0 Å². The fraction of sp³-hybridized carbons (Fsp3) is 0.257. The van der Waals surface area contributed by atoms with E-state index in [4.69, 9.17) is 9.47 Å². The Balaban J connectivity index is 1.30. The molecule has 2 aliphatic heterocycles. The van der Waals surface area contributed by atoms with Gasteiger partial charge in [-0.25, -0.2) is 4.39 Å². The summed E-state index contributed by atoms with van der Waals surface area (Å²) in [6, 6.07) is 28.7. The summed E-state index contributed by atoms with van der Waals surface area (Å²) >= 11 is 0. The zero-order valence-corrected chi connectivity index (χ0v) is 22.9. The number of methoxy groups -OCH3 is 1. The fourth-order valence-electron chi connectivity index (χ4n) is 6.61. The SMILES string of the molecule is CCc1ccc(COc2cc3c(cc2OC)CCN2C3Cc3c([nH]c4ccccc34)C2c2ccc(F)cc2)cc1. The third-order valence-corrected chi connectivity index (χ3v) is 8.68. The van der Waals surface area contributed by atoms with E-state index in [1.54, 1.807) is 19.2 Å². The van der Waals surface area contributed by atoms with Crippen molar-refractivity contribution in [2.24, 2.45) is 0 Å². The van der Waals surface area contributed by atoms with Crippen LogP contribution in [0.1, 0.15) is 58.1 Å². The van der Waals surface area contributed by atoms with Gasteiger partial charge in [-0.2, -0.15) is 0 Å². The molecule has 3 heterocycles. The van der Waals surface area contributed by atoms with Crippen molar-refractivity contribution < 1.29 is 13.9 Å². The van der Waals surface area contributed by atoms with Crippen LogP contribution in [0.25, 0.3) is 10.9 Å². The van der Waals surface area contributed by atoms with Crippen LogP contribution in [0.15, 0.2) is 84.9 Å². The van der Waals surface area contributed by atoms with E-state index in [0.717, 1.165) is 53.9 Å². The van der Waals surface area contributed by atoms with Gasteiger partial charge >= 0.3 is 0 Å². The van der Waals surface area contributed by atoms with Gasteiger partial charge in [0.05, 0.1) is 13.2 Å². The lowest BCUT2D eigenvalue weighted by Gasteiger charge is -2.46. The highest BCUT2D eigenvalue weighted by molar-refractivity contribution is 5.85. The zero-order valence-electron chi connectivity index (χ0n) is 22.9. The van der Waals surface area contributed by atoms with E-state index >= 15 is 0 Å². The van der Waals surface area contributed by atoms with Crippen LogP contribution in [0.3, 0.4) is 0 Å². The molecule has 1 aromatic heterocycles. The summed E-state index contributed by atoms with van der Waals surface area (Å²) in [5.41, 5.74) is 9.85. The summed E-state index contributed by atoms with van der Waals surface area (Å²) in [5.74, 6) is 1.33. The number of para-hydroxylation sites is 1. The number of nitrogens with one attached hydrogen (secondary N) is 1.